The minimum absolute atomic E-state index is 0.0239. The predicted molar refractivity (Wildman–Crippen MR) is 142 cm³/mol. The van der Waals surface area contributed by atoms with E-state index < -0.39 is 24.3 Å². The van der Waals surface area contributed by atoms with E-state index >= 15 is 0 Å². The highest BCUT2D eigenvalue weighted by atomic mass is 31.2. The quantitative estimate of drug-likeness (QED) is 0.178. The minimum Gasteiger partial charge on any atom is -0.308 e. The number of benzene rings is 2. The van der Waals surface area contributed by atoms with Crippen molar-refractivity contribution in [2.75, 3.05) is 13.2 Å². The first-order valence-electron chi connectivity index (χ1n) is 12.3. The van der Waals surface area contributed by atoms with Crippen molar-refractivity contribution in [1.82, 2.24) is 5.06 Å². The lowest BCUT2D eigenvalue weighted by molar-refractivity contribution is -0.264. The first-order valence-corrected chi connectivity index (χ1v) is 13.9. The molecule has 0 spiro atoms. The maximum atomic E-state index is 14.0. The fourth-order valence-corrected chi connectivity index (χ4v) is 6.65. The van der Waals surface area contributed by atoms with E-state index in [0.717, 1.165) is 5.56 Å². The van der Waals surface area contributed by atoms with Gasteiger partial charge < -0.3 is 9.05 Å². The first-order chi connectivity index (χ1) is 16.2. The number of ketones is 1. The average molecular weight is 504 g/mol. The Kier molecular flexibility index (Phi) is 10.0. The van der Waals surface area contributed by atoms with Crippen LogP contribution in [0.2, 0.25) is 0 Å². The van der Waals surface area contributed by atoms with E-state index in [1.54, 1.807) is 5.06 Å². The summed E-state index contributed by atoms with van der Waals surface area (Å²) in [5, 5.41) is 1.78. The smallest absolute Gasteiger partial charge is 0.308 e. The Labute approximate surface area is 211 Å². The molecule has 7 heteroatoms. The van der Waals surface area contributed by atoms with Crippen molar-refractivity contribution < 1.29 is 23.2 Å². The molecule has 0 radical (unpaired) electrons. The molecule has 0 aliphatic heterocycles. The topological polar surface area (TPSA) is 65.1 Å². The van der Waals surface area contributed by atoms with Gasteiger partial charge in [-0.2, -0.15) is 5.06 Å². The van der Waals surface area contributed by atoms with Crippen LogP contribution >= 0.6 is 7.60 Å². The van der Waals surface area contributed by atoms with E-state index in [9.17, 15) is 9.36 Å². The summed E-state index contributed by atoms with van der Waals surface area (Å²) in [6.45, 7) is 18.2. The average Bonchev–Trinajstić information content (AvgIpc) is 2.77. The Bertz CT molecular complexity index is 983. The van der Waals surface area contributed by atoms with Gasteiger partial charge in [0, 0.05) is 16.7 Å². The second-order valence-corrected chi connectivity index (χ2v) is 12.8. The third kappa shape index (κ3) is 7.58. The molecular formula is C28H42NO5P. The monoisotopic (exact) mass is 503 g/mol. The molecule has 0 heterocycles. The summed E-state index contributed by atoms with van der Waals surface area (Å²) < 4.78 is 25.6. The van der Waals surface area contributed by atoms with E-state index in [2.05, 4.69) is 0 Å². The molecule has 0 aromatic heterocycles. The van der Waals surface area contributed by atoms with Gasteiger partial charge in [0.25, 0.3) is 0 Å². The van der Waals surface area contributed by atoms with Gasteiger partial charge in [0.2, 0.25) is 0 Å². The molecule has 0 amide bonds. The molecule has 2 rings (SSSR count). The van der Waals surface area contributed by atoms with E-state index in [1.165, 1.54) is 0 Å². The van der Waals surface area contributed by atoms with Gasteiger partial charge >= 0.3 is 7.60 Å². The van der Waals surface area contributed by atoms with Crippen LogP contribution in [-0.2, 0) is 18.5 Å². The molecule has 0 bridgehead atoms. The largest absolute Gasteiger partial charge is 0.350 e. The van der Waals surface area contributed by atoms with Gasteiger partial charge in [-0.1, -0.05) is 75.4 Å². The lowest BCUT2D eigenvalue weighted by Gasteiger charge is -2.48. The third-order valence-corrected chi connectivity index (χ3v) is 8.35. The van der Waals surface area contributed by atoms with Crippen LogP contribution in [0.1, 0.15) is 89.9 Å². The molecule has 0 fully saturated rings. The Balaban J connectivity index is 2.37. The van der Waals surface area contributed by atoms with Crippen molar-refractivity contribution in [1.29, 1.82) is 0 Å². The summed E-state index contributed by atoms with van der Waals surface area (Å²) in [4.78, 5) is 19.3. The van der Waals surface area contributed by atoms with Gasteiger partial charge in [-0.05, 0) is 52.5 Å². The standard InChI is InChI=1S/C28H42NO5P/c1-10-32-35(31,33-11-2)26(27(4,5)6)29(28(7,8)9)34-21(3)22-17-19-24(20-18-22)25(30)23-15-13-12-14-16-23/h12-21,26H,10-11H2,1-9H3. The van der Waals surface area contributed by atoms with E-state index in [-0.39, 0.29) is 25.1 Å². The number of hydroxylamine groups is 2. The van der Waals surface area contributed by atoms with Crippen LogP contribution in [0.4, 0.5) is 0 Å². The fraction of sp³-hybridized carbons (Fsp3) is 0.536. The molecule has 0 saturated carbocycles. The molecule has 0 aliphatic rings. The van der Waals surface area contributed by atoms with Gasteiger partial charge in [0.05, 0.1) is 13.2 Å². The second kappa shape index (κ2) is 11.9. The number of hydrogen-bond donors (Lipinski definition) is 0. The van der Waals surface area contributed by atoms with Crippen molar-refractivity contribution >= 4 is 13.4 Å². The molecule has 2 atom stereocenters. The van der Waals surface area contributed by atoms with Crippen LogP contribution in [0.3, 0.4) is 0 Å². The third-order valence-electron chi connectivity index (χ3n) is 5.53. The maximum absolute atomic E-state index is 14.0. The van der Waals surface area contributed by atoms with Crippen molar-refractivity contribution in [3.8, 4) is 0 Å². The molecule has 0 N–H and O–H groups in total. The number of carbonyl (C=O) groups excluding carboxylic acids is 1. The molecule has 0 aliphatic carbocycles. The van der Waals surface area contributed by atoms with Gasteiger partial charge in [0.15, 0.2) is 5.78 Å². The molecule has 0 saturated heterocycles. The van der Waals surface area contributed by atoms with Crippen LogP contribution < -0.4 is 0 Å². The molecule has 2 unspecified atom stereocenters. The van der Waals surface area contributed by atoms with Gasteiger partial charge in [-0.3, -0.25) is 14.2 Å². The van der Waals surface area contributed by atoms with E-state index in [4.69, 9.17) is 13.9 Å². The Morgan fingerprint density at radius 3 is 1.77 bits per heavy atom. The van der Waals surface area contributed by atoms with E-state index in [0.29, 0.717) is 11.1 Å². The zero-order valence-corrected chi connectivity index (χ0v) is 23.6. The van der Waals surface area contributed by atoms with Gasteiger partial charge in [-0.25, -0.2) is 0 Å². The number of nitrogens with zero attached hydrogens (tertiary/aromatic N) is 1. The van der Waals surface area contributed by atoms with Crippen molar-refractivity contribution in [3.63, 3.8) is 0 Å². The highest BCUT2D eigenvalue weighted by Gasteiger charge is 2.51. The number of carbonyl (C=O) groups is 1. The Hall–Kier alpha value is -1.82. The first kappa shape index (κ1) is 29.4. The van der Waals surface area contributed by atoms with Gasteiger partial charge in [-0.15, -0.1) is 0 Å². The lowest BCUT2D eigenvalue weighted by atomic mass is 9.94. The van der Waals surface area contributed by atoms with Crippen molar-refractivity contribution in [2.45, 2.75) is 79.7 Å². The zero-order valence-electron chi connectivity index (χ0n) is 22.7. The summed E-state index contributed by atoms with van der Waals surface area (Å²) in [6, 6.07) is 16.7. The van der Waals surface area contributed by atoms with Crippen LogP contribution in [0.15, 0.2) is 54.6 Å². The fourth-order valence-electron chi connectivity index (χ4n) is 3.97. The Morgan fingerprint density at radius 2 is 1.34 bits per heavy atom. The number of hydrogen-bond acceptors (Lipinski definition) is 6. The normalized spacial score (nSPS) is 14.7. The molecule has 35 heavy (non-hydrogen) atoms. The molecule has 2 aromatic rings. The summed E-state index contributed by atoms with van der Waals surface area (Å²) in [7, 11) is -3.55. The van der Waals surface area contributed by atoms with Crippen LogP contribution in [0, 0.1) is 5.41 Å². The van der Waals surface area contributed by atoms with Crippen LogP contribution in [0.5, 0.6) is 0 Å². The lowest BCUT2D eigenvalue weighted by Crippen LogP contribution is -2.53. The van der Waals surface area contributed by atoms with Crippen LogP contribution in [0.25, 0.3) is 0 Å². The Morgan fingerprint density at radius 1 is 0.857 bits per heavy atom. The van der Waals surface area contributed by atoms with Crippen molar-refractivity contribution in [3.05, 3.63) is 71.3 Å². The minimum atomic E-state index is -3.55. The molecule has 194 valence electrons. The summed E-state index contributed by atoms with van der Waals surface area (Å²) in [5.74, 6) is -0.666. The molecule has 2 aromatic carbocycles. The highest BCUT2D eigenvalue weighted by molar-refractivity contribution is 7.54. The van der Waals surface area contributed by atoms with Crippen LogP contribution in [-0.4, -0.2) is 35.4 Å². The zero-order chi connectivity index (χ0) is 26.4. The van der Waals surface area contributed by atoms with Crippen molar-refractivity contribution in [2.24, 2.45) is 5.41 Å². The summed E-state index contributed by atoms with van der Waals surface area (Å²) >= 11 is 0. The SMILES string of the molecule is CCOP(=O)(OCC)C(N(OC(C)c1ccc(C(=O)c2ccccc2)cc1)C(C)(C)C)C(C)(C)C. The predicted octanol–water partition coefficient (Wildman–Crippen LogP) is 7.65. The van der Waals surface area contributed by atoms with Gasteiger partial charge in [0.1, 0.15) is 11.9 Å². The number of rotatable bonds is 11. The maximum Gasteiger partial charge on any atom is 0.350 e. The summed E-state index contributed by atoms with van der Waals surface area (Å²) in [6.07, 6.45) is -0.364. The summed E-state index contributed by atoms with van der Waals surface area (Å²) in [5.41, 5.74) is 1.20. The highest BCUT2D eigenvalue weighted by Crippen LogP contribution is 2.61. The molecular weight excluding hydrogens is 461 g/mol. The molecule has 6 nitrogen and oxygen atoms in total. The van der Waals surface area contributed by atoms with E-state index in [1.807, 2.05) is 117 Å². The second-order valence-electron chi connectivity index (χ2n) is 10.7.